The van der Waals surface area contributed by atoms with Crippen molar-refractivity contribution in [3.63, 3.8) is 0 Å². The van der Waals surface area contributed by atoms with E-state index in [1.165, 1.54) is 0 Å². The van der Waals surface area contributed by atoms with Crippen molar-refractivity contribution in [1.82, 2.24) is 4.41 Å². The second kappa shape index (κ2) is 9.11. The standard InChI is InChI=1S/C24H25N3O5S2/c1-17-7-13-22(14-8-17)34(30,31)27-24(18-9-11-21(32-2)12-10-18)16-23(25-27)19-5-4-6-20(15-19)26-33(3,28)29/h4-15,24,26H,16H2,1-3H3. The molecule has 1 atom stereocenters. The Morgan fingerprint density at radius 2 is 1.65 bits per heavy atom. The van der Waals surface area contributed by atoms with Gasteiger partial charge in [-0.15, -0.1) is 0 Å². The molecule has 0 aromatic heterocycles. The van der Waals surface area contributed by atoms with Crippen molar-refractivity contribution in [3.8, 4) is 5.75 Å². The Balaban J connectivity index is 1.77. The number of methoxy groups -OCH3 is 1. The molecule has 3 aromatic rings. The maximum absolute atomic E-state index is 13.6. The topological polar surface area (TPSA) is 105 Å². The monoisotopic (exact) mass is 499 g/mol. The quantitative estimate of drug-likeness (QED) is 0.531. The van der Waals surface area contributed by atoms with Gasteiger partial charge in [0.1, 0.15) is 5.75 Å². The molecule has 178 valence electrons. The highest BCUT2D eigenvalue weighted by molar-refractivity contribution is 7.92. The Hall–Kier alpha value is -3.37. The van der Waals surface area contributed by atoms with Crippen LogP contribution in [0.15, 0.2) is 82.8 Å². The van der Waals surface area contributed by atoms with Crippen molar-refractivity contribution in [2.45, 2.75) is 24.3 Å². The molecule has 8 nitrogen and oxygen atoms in total. The van der Waals surface area contributed by atoms with Gasteiger partial charge in [0.05, 0.1) is 30.0 Å². The lowest BCUT2D eigenvalue weighted by Crippen LogP contribution is -2.27. The molecule has 0 bridgehead atoms. The Morgan fingerprint density at radius 1 is 0.971 bits per heavy atom. The van der Waals surface area contributed by atoms with Crippen LogP contribution < -0.4 is 9.46 Å². The first-order valence-corrected chi connectivity index (χ1v) is 13.8. The van der Waals surface area contributed by atoms with Gasteiger partial charge in [-0.3, -0.25) is 4.72 Å². The van der Waals surface area contributed by atoms with E-state index >= 15 is 0 Å². The minimum absolute atomic E-state index is 0.147. The van der Waals surface area contributed by atoms with E-state index in [2.05, 4.69) is 9.82 Å². The van der Waals surface area contributed by atoms with E-state index in [0.717, 1.165) is 21.8 Å². The highest BCUT2D eigenvalue weighted by Crippen LogP contribution is 2.38. The van der Waals surface area contributed by atoms with Gasteiger partial charge in [0.25, 0.3) is 10.0 Å². The molecule has 0 fully saturated rings. The van der Waals surface area contributed by atoms with Gasteiger partial charge in [-0.1, -0.05) is 42.0 Å². The van der Waals surface area contributed by atoms with E-state index in [-0.39, 0.29) is 4.90 Å². The molecular formula is C24H25N3O5S2. The predicted octanol–water partition coefficient (Wildman–Crippen LogP) is 3.92. The molecule has 0 radical (unpaired) electrons. The average Bonchev–Trinajstić information content (AvgIpc) is 3.25. The molecule has 1 N–H and O–H groups in total. The summed E-state index contributed by atoms with van der Waals surface area (Å²) >= 11 is 0. The second-order valence-corrected chi connectivity index (χ2v) is 11.6. The van der Waals surface area contributed by atoms with Crippen LogP contribution in [0, 0.1) is 6.92 Å². The molecule has 34 heavy (non-hydrogen) atoms. The number of hydrogen-bond donors (Lipinski definition) is 1. The number of hydrogen-bond acceptors (Lipinski definition) is 6. The first kappa shape index (κ1) is 23.8. The second-order valence-electron chi connectivity index (χ2n) is 8.09. The molecule has 0 amide bonds. The van der Waals surface area contributed by atoms with Gasteiger partial charge in [-0.25, -0.2) is 8.42 Å². The maximum Gasteiger partial charge on any atom is 0.279 e. The average molecular weight is 500 g/mol. The van der Waals surface area contributed by atoms with Crippen LogP contribution in [0.3, 0.4) is 0 Å². The summed E-state index contributed by atoms with van der Waals surface area (Å²) in [6.45, 7) is 1.89. The Kier molecular flexibility index (Phi) is 6.37. The molecule has 0 saturated carbocycles. The number of sulfonamides is 2. The van der Waals surface area contributed by atoms with Crippen LogP contribution in [0.2, 0.25) is 0 Å². The third-order valence-electron chi connectivity index (χ3n) is 5.44. The van der Waals surface area contributed by atoms with Crippen molar-refractivity contribution in [2.75, 3.05) is 18.1 Å². The van der Waals surface area contributed by atoms with Crippen LogP contribution >= 0.6 is 0 Å². The smallest absolute Gasteiger partial charge is 0.279 e. The van der Waals surface area contributed by atoms with Crippen LogP contribution in [-0.2, 0) is 20.0 Å². The van der Waals surface area contributed by atoms with Gasteiger partial charge >= 0.3 is 0 Å². The number of nitrogens with one attached hydrogen (secondary N) is 1. The summed E-state index contributed by atoms with van der Waals surface area (Å²) in [7, 11) is -5.84. The fourth-order valence-corrected chi connectivity index (χ4v) is 5.74. The van der Waals surface area contributed by atoms with Crippen LogP contribution in [0.25, 0.3) is 0 Å². The first-order chi connectivity index (χ1) is 16.1. The molecule has 0 aliphatic carbocycles. The van der Waals surface area contributed by atoms with Crippen LogP contribution in [0.1, 0.15) is 29.2 Å². The van der Waals surface area contributed by atoms with Crippen molar-refractivity contribution in [1.29, 1.82) is 0 Å². The van der Waals surface area contributed by atoms with E-state index in [1.807, 2.05) is 19.1 Å². The number of nitrogens with zero attached hydrogens (tertiary/aromatic N) is 2. The molecule has 1 heterocycles. The number of aryl methyl sites for hydroxylation is 1. The van der Waals surface area contributed by atoms with Gasteiger partial charge < -0.3 is 4.74 Å². The number of ether oxygens (including phenoxy) is 1. The van der Waals surface area contributed by atoms with E-state index < -0.39 is 26.1 Å². The Morgan fingerprint density at radius 3 is 2.26 bits per heavy atom. The SMILES string of the molecule is COc1ccc(C2CC(c3cccc(NS(C)(=O)=O)c3)=NN2S(=O)(=O)c2ccc(C)cc2)cc1. The van der Waals surface area contributed by atoms with Gasteiger partial charge in [-0.05, 0) is 54.4 Å². The summed E-state index contributed by atoms with van der Waals surface area (Å²) in [6, 6.07) is 20.0. The molecular weight excluding hydrogens is 474 g/mol. The van der Waals surface area contributed by atoms with Crippen LogP contribution in [0.5, 0.6) is 5.75 Å². The molecule has 0 spiro atoms. The van der Waals surface area contributed by atoms with Gasteiger partial charge in [0.15, 0.2) is 0 Å². The molecule has 1 unspecified atom stereocenters. The van der Waals surface area contributed by atoms with E-state index in [1.54, 1.807) is 67.8 Å². The highest BCUT2D eigenvalue weighted by Gasteiger charge is 2.37. The summed E-state index contributed by atoms with van der Waals surface area (Å²) in [6.07, 6.45) is 1.39. The lowest BCUT2D eigenvalue weighted by atomic mass is 9.99. The van der Waals surface area contributed by atoms with Crippen molar-refractivity contribution in [3.05, 3.63) is 89.5 Å². The highest BCUT2D eigenvalue weighted by atomic mass is 32.2. The number of hydrazone groups is 1. The third-order valence-corrected chi connectivity index (χ3v) is 7.74. The zero-order valence-corrected chi connectivity index (χ0v) is 20.6. The fraction of sp³-hybridized carbons (Fsp3) is 0.208. The third kappa shape index (κ3) is 5.07. The van der Waals surface area contributed by atoms with Gasteiger partial charge in [0.2, 0.25) is 10.0 Å². The number of benzene rings is 3. The van der Waals surface area contributed by atoms with Crippen LogP contribution in [-0.4, -0.2) is 40.3 Å². The molecule has 4 rings (SSSR count). The van der Waals surface area contributed by atoms with E-state index in [9.17, 15) is 16.8 Å². The number of anilines is 1. The lowest BCUT2D eigenvalue weighted by Gasteiger charge is -2.23. The van der Waals surface area contributed by atoms with Gasteiger partial charge in [-0.2, -0.15) is 17.9 Å². The van der Waals surface area contributed by atoms with Crippen molar-refractivity contribution in [2.24, 2.45) is 5.10 Å². The Labute approximate surface area is 200 Å². The maximum atomic E-state index is 13.6. The summed E-state index contributed by atoms with van der Waals surface area (Å²) in [5, 5.41) is 4.52. The normalized spacial score (nSPS) is 16.3. The summed E-state index contributed by atoms with van der Waals surface area (Å²) in [5.41, 5.74) is 3.26. The molecule has 1 aliphatic rings. The molecule has 1 aliphatic heterocycles. The minimum atomic E-state index is -3.95. The number of rotatable bonds is 7. The van der Waals surface area contributed by atoms with Crippen LogP contribution in [0.4, 0.5) is 5.69 Å². The molecule has 3 aromatic carbocycles. The zero-order valence-electron chi connectivity index (χ0n) is 19.0. The largest absolute Gasteiger partial charge is 0.497 e. The van der Waals surface area contributed by atoms with Gasteiger partial charge in [0, 0.05) is 12.1 Å². The molecule has 10 heteroatoms. The summed E-state index contributed by atoms with van der Waals surface area (Å²) in [4.78, 5) is 0.147. The Bertz CT molecular complexity index is 1430. The summed E-state index contributed by atoms with van der Waals surface area (Å²) < 4.78 is 59.3. The molecule has 0 saturated heterocycles. The summed E-state index contributed by atoms with van der Waals surface area (Å²) in [5.74, 6) is 0.662. The van der Waals surface area contributed by atoms with Crippen molar-refractivity contribution < 1.29 is 21.6 Å². The lowest BCUT2D eigenvalue weighted by molar-refractivity contribution is 0.370. The zero-order chi connectivity index (χ0) is 24.5. The van der Waals surface area contributed by atoms with Crippen molar-refractivity contribution >= 4 is 31.4 Å². The predicted molar refractivity (Wildman–Crippen MR) is 132 cm³/mol. The van der Waals surface area contributed by atoms with E-state index in [4.69, 9.17) is 4.74 Å². The van der Waals surface area contributed by atoms with E-state index in [0.29, 0.717) is 29.1 Å². The fourth-order valence-electron chi connectivity index (χ4n) is 3.75. The minimum Gasteiger partial charge on any atom is -0.497 e. The first-order valence-electron chi connectivity index (χ1n) is 10.5.